The molecular formula is C13H12N4O3. The van der Waals surface area contributed by atoms with Gasteiger partial charge in [0, 0.05) is 18.8 Å². The molecule has 102 valence electrons. The number of rotatable bonds is 5. The summed E-state index contributed by atoms with van der Waals surface area (Å²) in [5, 5.41) is 17.6. The average Bonchev–Trinajstić information content (AvgIpc) is 2.94. The van der Waals surface area contributed by atoms with Crippen molar-refractivity contribution < 1.29 is 9.72 Å². The number of hydrogen-bond acceptors (Lipinski definition) is 4. The summed E-state index contributed by atoms with van der Waals surface area (Å²) in [7, 11) is 0. The molecule has 0 saturated heterocycles. The molecule has 1 aromatic carbocycles. The van der Waals surface area contributed by atoms with Crippen molar-refractivity contribution in [3.8, 4) is 5.69 Å². The first-order chi connectivity index (χ1) is 9.63. The molecule has 0 aliphatic carbocycles. The Bertz CT molecular complexity index is 663. The van der Waals surface area contributed by atoms with Gasteiger partial charge in [0.15, 0.2) is 5.69 Å². The molecule has 2 rings (SSSR count). The van der Waals surface area contributed by atoms with E-state index >= 15 is 0 Å². The molecule has 7 nitrogen and oxygen atoms in total. The van der Waals surface area contributed by atoms with Crippen molar-refractivity contribution in [1.82, 2.24) is 15.1 Å². The van der Waals surface area contributed by atoms with Crippen LogP contribution in [0.1, 0.15) is 10.5 Å². The normalized spacial score (nSPS) is 10.0. The van der Waals surface area contributed by atoms with Crippen LogP contribution in [0.15, 0.2) is 49.2 Å². The zero-order valence-electron chi connectivity index (χ0n) is 10.5. The third-order valence-electron chi connectivity index (χ3n) is 2.55. The molecule has 0 fully saturated rings. The topological polar surface area (TPSA) is 90.1 Å². The Morgan fingerprint density at radius 3 is 2.90 bits per heavy atom. The summed E-state index contributed by atoms with van der Waals surface area (Å²) in [5.41, 5.74) is 0.416. The maximum Gasteiger partial charge on any atom is 0.294 e. The molecule has 0 spiro atoms. The van der Waals surface area contributed by atoms with Crippen molar-refractivity contribution in [3.05, 3.63) is 65.0 Å². The van der Waals surface area contributed by atoms with Gasteiger partial charge in [-0.25, -0.2) is 4.68 Å². The maximum atomic E-state index is 11.7. The highest BCUT2D eigenvalue weighted by atomic mass is 16.6. The molecule has 0 bridgehead atoms. The van der Waals surface area contributed by atoms with Crippen molar-refractivity contribution in [3.63, 3.8) is 0 Å². The van der Waals surface area contributed by atoms with E-state index in [0.717, 1.165) is 0 Å². The number of benzene rings is 1. The second-order valence-electron chi connectivity index (χ2n) is 3.89. The van der Waals surface area contributed by atoms with Gasteiger partial charge in [0.2, 0.25) is 0 Å². The van der Waals surface area contributed by atoms with Crippen molar-refractivity contribution in [1.29, 1.82) is 0 Å². The van der Waals surface area contributed by atoms with Gasteiger partial charge in [-0.1, -0.05) is 18.2 Å². The molecule has 7 heteroatoms. The van der Waals surface area contributed by atoms with Gasteiger partial charge in [-0.15, -0.1) is 6.58 Å². The molecule has 2 aromatic rings. The fraction of sp³-hybridized carbons (Fsp3) is 0.0769. The number of aromatic nitrogens is 2. The first kappa shape index (κ1) is 13.5. The van der Waals surface area contributed by atoms with Crippen LogP contribution in [0.5, 0.6) is 0 Å². The lowest BCUT2D eigenvalue weighted by molar-refractivity contribution is -0.384. The second-order valence-corrected chi connectivity index (χ2v) is 3.89. The van der Waals surface area contributed by atoms with Crippen LogP contribution in [0.3, 0.4) is 0 Å². The first-order valence-electron chi connectivity index (χ1n) is 5.82. The third-order valence-corrected chi connectivity index (χ3v) is 2.55. The maximum absolute atomic E-state index is 11.7. The number of para-hydroxylation sites is 2. The van der Waals surface area contributed by atoms with Crippen molar-refractivity contribution in [2.45, 2.75) is 0 Å². The minimum atomic E-state index is -0.492. The van der Waals surface area contributed by atoms with Crippen LogP contribution >= 0.6 is 0 Å². The monoisotopic (exact) mass is 272 g/mol. The highest BCUT2D eigenvalue weighted by Gasteiger charge is 2.16. The summed E-state index contributed by atoms with van der Waals surface area (Å²) in [6.45, 7) is 3.83. The zero-order chi connectivity index (χ0) is 14.5. The summed E-state index contributed by atoms with van der Waals surface area (Å²) in [6.07, 6.45) is 3.06. The molecule has 0 saturated carbocycles. The van der Waals surface area contributed by atoms with E-state index in [9.17, 15) is 14.9 Å². The fourth-order valence-corrected chi connectivity index (χ4v) is 1.65. The number of carbonyl (C=O) groups is 1. The molecule has 0 atom stereocenters. The largest absolute Gasteiger partial charge is 0.347 e. The van der Waals surface area contributed by atoms with Gasteiger partial charge in [-0.05, 0) is 12.1 Å². The van der Waals surface area contributed by atoms with Gasteiger partial charge in [0.05, 0.1) is 4.92 Å². The molecule has 1 aromatic heterocycles. The Kier molecular flexibility index (Phi) is 3.90. The molecule has 0 aliphatic heterocycles. The summed E-state index contributed by atoms with van der Waals surface area (Å²) < 4.78 is 1.31. The number of carbonyl (C=O) groups excluding carboxylic acids is 1. The summed E-state index contributed by atoms with van der Waals surface area (Å²) in [5.74, 6) is -0.359. The van der Waals surface area contributed by atoms with Gasteiger partial charge in [0.25, 0.3) is 11.6 Å². The molecule has 0 unspecified atom stereocenters. The van der Waals surface area contributed by atoms with E-state index in [4.69, 9.17) is 0 Å². The third kappa shape index (κ3) is 2.72. The van der Waals surface area contributed by atoms with E-state index in [1.807, 2.05) is 0 Å². The molecule has 1 heterocycles. The lowest BCUT2D eigenvalue weighted by Crippen LogP contribution is -2.23. The van der Waals surface area contributed by atoms with Gasteiger partial charge in [-0.2, -0.15) is 5.10 Å². The Labute approximate surface area is 114 Å². The van der Waals surface area contributed by atoms with Crippen LogP contribution in [-0.4, -0.2) is 27.2 Å². The lowest BCUT2D eigenvalue weighted by atomic mass is 10.3. The van der Waals surface area contributed by atoms with Crippen molar-refractivity contribution >= 4 is 11.6 Å². The van der Waals surface area contributed by atoms with Crippen LogP contribution in [0.2, 0.25) is 0 Å². The number of nitro groups is 1. The number of nitro benzene ring substituents is 1. The predicted molar refractivity (Wildman–Crippen MR) is 72.7 cm³/mol. The van der Waals surface area contributed by atoms with Crippen LogP contribution in [0.25, 0.3) is 5.69 Å². The number of nitrogens with zero attached hydrogens (tertiary/aromatic N) is 3. The zero-order valence-corrected chi connectivity index (χ0v) is 10.5. The quantitative estimate of drug-likeness (QED) is 0.509. The van der Waals surface area contributed by atoms with E-state index in [0.29, 0.717) is 12.2 Å². The van der Waals surface area contributed by atoms with E-state index in [-0.39, 0.29) is 17.3 Å². The Morgan fingerprint density at radius 1 is 1.45 bits per heavy atom. The lowest BCUT2D eigenvalue weighted by Gasteiger charge is -2.02. The summed E-state index contributed by atoms with van der Waals surface area (Å²) >= 11 is 0. The fourth-order valence-electron chi connectivity index (χ4n) is 1.65. The van der Waals surface area contributed by atoms with Crippen LogP contribution in [-0.2, 0) is 0 Å². The SMILES string of the molecule is C=CCNC(=O)c1ccn(-c2ccccc2[N+](=O)[O-])n1. The van der Waals surface area contributed by atoms with Gasteiger partial charge < -0.3 is 5.32 Å². The van der Waals surface area contributed by atoms with Gasteiger partial charge in [-0.3, -0.25) is 14.9 Å². The van der Waals surface area contributed by atoms with E-state index < -0.39 is 4.92 Å². The number of hydrogen-bond donors (Lipinski definition) is 1. The second kappa shape index (κ2) is 5.79. The van der Waals surface area contributed by atoms with E-state index in [2.05, 4.69) is 17.0 Å². The average molecular weight is 272 g/mol. The molecule has 1 N–H and O–H groups in total. The Morgan fingerprint density at radius 2 is 2.20 bits per heavy atom. The number of amides is 1. The Hall–Kier alpha value is -2.96. The Balaban J connectivity index is 2.32. The van der Waals surface area contributed by atoms with Gasteiger partial charge in [0.1, 0.15) is 5.69 Å². The molecule has 20 heavy (non-hydrogen) atoms. The van der Waals surface area contributed by atoms with Crippen LogP contribution in [0, 0.1) is 10.1 Å². The van der Waals surface area contributed by atoms with Crippen molar-refractivity contribution in [2.24, 2.45) is 0 Å². The highest BCUT2D eigenvalue weighted by Crippen LogP contribution is 2.21. The number of nitrogens with one attached hydrogen (secondary N) is 1. The minimum absolute atomic E-state index is 0.0753. The molecule has 0 aliphatic rings. The van der Waals surface area contributed by atoms with E-state index in [1.54, 1.807) is 24.3 Å². The standard InChI is InChI=1S/C13H12N4O3/c1-2-8-14-13(18)10-7-9-16(15-10)11-5-3-4-6-12(11)17(19)20/h2-7,9H,1,8H2,(H,14,18). The molecular weight excluding hydrogens is 260 g/mol. The van der Waals surface area contributed by atoms with Gasteiger partial charge >= 0.3 is 0 Å². The van der Waals surface area contributed by atoms with Crippen molar-refractivity contribution in [2.75, 3.05) is 6.54 Å². The molecule has 0 radical (unpaired) electrons. The van der Waals surface area contributed by atoms with Crippen LogP contribution < -0.4 is 5.32 Å². The predicted octanol–water partition coefficient (Wildman–Crippen LogP) is 1.70. The summed E-state index contributed by atoms with van der Waals surface area (Å²) in [6, 6.07) is 7.69. The summed E-state index contributed by atoms with van der Waals surface area (Å²) in [4.78, 5) is 22.2. The van der Waals surface area contributed by atoms with Crippen LogP contribution in [0.4, 0.5) is 5.69 Å². The minimum Gasteiger partial charge on any atom is -0.347 e. The highest BCUT2D eigenvalue weighted by molar-refractivity contribution is 5.92. The van der Waals surface area contributed by atoms with E-state index in [1.165, 1.54) is 23.0 Å². The molecule has 1 amide bonds. The smallest absolute Gasteiger partial charge is 0.294 e. The first-order valence-corrected chi connectivity index (χ1v) is 5.82.